The number of nitrogens with one attached hydrogen (secondary N) is 1. The molecule has 0 aliphatic heterocycles. The minimum Gasteiger partial charge on any atom is -0.324 e. The van der Waals surface area contributed by atoms with Gasteiger partial charge in [0.05, 0.1) is 0 Å². The van der Waals surface area contributed by atoms with E-state index < -0.39 is 6.04 Å². The van der Waals surface area contributed by atoms with Crippen LogP contribution >= 0.6 is 11.6 Å². The summed E-state index contributed by atoms with van der Waals surface area (Å²) in [6.45, 7) is 1.61. The number of anilines is 1. The van der Waals surface area contributed by atoms with Crippen molar-refractivity contribution >= 4 is 23.2 Å². The van der Waals surface area contributed by atoms with E-state index in [1.807, 2.05) is 0 Å². The molecular weight excluding hydrogens is 266 g/mol. The van der Waals surface area contributed by atoms with Gasteiger partial charge in [-0.1, -0.05) is 17.7 Å². The normalized spacial score (nSPS) is 11.9. The van der Waals surface area contributed by atoms with Gasteiger partial charge in [-0.05, 0) is 31.2 Å². The van der Waals surface area contributed by atoms with Crippen molar-refractivity contribution < 1.29 is 4.79 Å². The molecule has 98 valence electrons. The first kappa shape index (κ1) is 13.3. The van der Waals surface area contributed by atoms with Crippen molar-refractivity contribution in [1.82, 2.24) is 9.78 Å². The highest BCUT2D eigenvalue weighted by atomic mass is 35.5. The summed E-state index contributed by atoms with van der Waals surface area (Å²) in [6.07, 6.45) is 1.46. The lowest BCUT2D eigenvalue weighted by molar-refractivity contribution is -0.119. The zero-order chi connectivity index (χ0) is 13.8. The highest BCUT2D eigenvalue weighted by Crippen LogP contribution is 2.16. The van der Waals surface area contributed by atoms with Gasteiger partial charge in [-0.3, -0.25) is 9.59 Å². The minimum absolute atomic E-state index is 0.323. The maximum atomic E-state index is 12.0. The van der Waals surface area contributed by atoms with Gasteiger partial charge >= 0.3 is 0 Å². The lowest BCUT2D eigenvalue weighted by Gasteiger charge is -2.13. The van der Waals surface area contributed by atoms with Crippen molar-refractivity contribution in [1.29, 1.82) is 0 Å². The second-order valence-electron chi connectivity index (χ2n) is 3.98. The Morgan fingerprint density at radius 3 is 2.84 bits per heavy atom. The van der Waals surface area contributed by atoms with E-state index in [2.05, 4.69) is 10.4 Å². The fraction of sp³-hybridized carbons (Fsp3) is 0.154. The number of hydrogen-bond acceptors (Lipinski definition) is 3. The third-order valence-electron chi connectivity index (χ3n) is 2.58. The second-order valence-corrected chi connectivity index (χ2v) is 4.42. The summed E-state index contributed by atoms with van der Waals surface area (Å²) in [7, 11) is 0. The van der Waals surface area contributed by atoms with Gasteiger partial charge in [-0.2, -0.15) is 5.10 Å². The summed E-state index contributed by atoms with van der Waals surface area (Å²) in [6, 6.07) is 8.98. The van der Waals surface area contributed by atoms with E-state index >= 15 is 0 Å². The molecule has 19 heavy (non-hydrogen) atoms. The van der Waals surface area contributed by atoms with Gasteiger partial charge in [0.2, 0.25) is 5.91 Å². The van der Waals surface area contributed by atoms with Crippen LogP contribution < -0.4 is 10.9 Å². The summed E-state index contributed by atoms with van der Waals surface area (Å²) < 4.78 is 1.12. The van der Waals surface area contributed by atoms with Gasteiger partial charge in [-0.25, -0.2) is 4.68 Å². The molecule has 1 amide bonds. The van der Waals surface area contributed by atoms with Crippen molar-refractivity contribution in [3.05, 3.63) is 58.0 Å². The van der Waals surface area contributed by atoms with E-state index in [4.69, 9.17) is 11.6 Å². The summed E-state index contributed by atoms with van der Waals surface area (Å²) in [5, 5.41) is 7.09. The molecule has 1 heterocycles. The van der Waals surface area contributed by atoms with E-state index in [1.54, 1.807) is 31.2 Å². The number of aromatic nitrogens is 2. The molecular formula is C13H12ClN3O2. The lowest BCUT2D eigenvalue weighted by Crippen LogP contribution is -2.32. The third-order valence-corrected chi connectivity index (χ3v) is 2.82. The molecule has 0 saturated heterocycles. The first-order chi connectivity index (χ1) is 9.08. The van der Waals surface area contributed by atoms with Crippen LogP contribution in [0.5, 0.6) is 0 Å². The molecule has 1 unspecified atom stereocenters. The van der Waals surface area contributed by atoms with E-state index in [0.717, 1.165) is 4.68 Å². The third kappa shape index (κ3) is 3.20. The van der Waals surface area contributed by atoms with Crippen LogP contribution in [0.2, 0.25) is 5.02 Å². The van der Waals surface area contributed by atoms with E-state index in [9.17, 15) is 9.59 Å². The Morgan fingerprint density at radius 1 is 1.37 bits per heavy atom. The zero-order valence-corrected chi connectivity index (χ0v) is 11.0. The molecule has 1 aromatic carbocycles. The van der Waals surface area contributed by atoms with Crippen LogP contribution in [0.4, 0.5) is 5.69 Å². The van der Waals surface area contributed by atoms with Crippen LogP contribution in [0.3, 0.4) is 0 Å². The largest absolute Gasteiger partial charge is 0.324 e. The summed E-state index contributed by atoms with van der Waals surface area (Å²) >= 11 is 5.83. The van der Waals surface area contributed by atoms with Gasteiger partial charge in [0.15, 0.2) is 0 Å². The fourth-order valence-electron chi connectivity index (χ4n) is 1.58. The van der Waals surface area contributed by atoms with Gasteiger partial charge in [-0.15, -0.1) is 0 Å². The summed E-state index contributed by atoms with van der Waals surface area (Å²) in [5.41, 5.74) is 0.254. The number of nitrogens with zero attached hydrogens (tertiary/aromatic N) is 2. The number of carbonyl (C=O) groups excluding carboxylic acids is 1. The summed E-state index contributed by atoms with van der Waals surface area (Å²) in [5.74, 6) is -0.330. The standard InChI is InChI=1S/C13H12ClN3O2/c1-9(17-12(18)6-3-7-15-17)13(19)16-11-5-2-4-10(14)8-11/h2-9H,1H3,(H,16,19). The van der Waals surface area contributed by atoms with Gasteiger partial charge in [0.1, 0.15) is 6.04 Å². The quantitative estimate of drug-likeness (QED) is 0.934. The Kier molecular flexibility index (Phi) is 3.97. The Balaban J connectivity index is 2.17. The number of rotatable bonds is 3. The maximum Gasteiger partial charge on any atom is 0.267 e. The first-order valence-electron chi connectivity index (χ1n) is 5.68. The molecule has 0 radical (unpaired) electrons. The Labute approximate surface area is 114 Å². The molecule has 2 aromatic rings. The van der Waals surface area contributed by atoms with Gasteiger partial charge < -0.3 is 5.32 Å². The average Bonchev–Trinajstić information content (AvgIpc) is 2.38. The van der Waals surface area contributed by atoms with Crippen molar-refractivity contribution in [3.8, 4) is 0 Å². The average molecular weight is 278 g/mol. The van der Waals surface area contributed by atoms with Crippen LogP contribution in [0, 0.1) is 0 Å². The van der Waals surface area contributed by atoms with Crippen molar-refractivity contribution in [2.75, 3.05) is 5.32 Å². The minimum atomic E-state index is -0.701. The zero-order valence-electron chi connectivity index (χ0n) is 10.2. The van der Waals surface area contributed by atoms with Crippen LogP contribution in [-0.4, -0.2) is 15.7 Å². The molecule has 0 spiro atoms. The highest BCUT2D eigenvalue weighted by molar-refractivity contribution is 6.30. The number of amides is 1. The monoisotopic (exact) mass is 277 g/mol. The van der Waals surface area contributed by atoms with E-state index in [-0.39, 0.29) is 11.5 Å². The summed E-state index contributed by atoms with van der Waals surface area (Å²) in [4.78, 5) is 23.6. The van der Waals surface area contributed by atoms with Crippen LogP contribution in [0.15, 0.2) is 47.4 Å². The smallest absolute Gasteiger partial charge is 0.267 e. The van der Waals surface area contributed by atoms with Gasteiger partial charge in [0.25, 0.3) is 5.56 Å². The molecule has 2 rings (SSSR count). The SMILES string of the molecule is CC(C(=O)Nc1cccc(Cl)c1)n1ncccc1=O. The predicted molar refractivity (Wildman–Crippen MR) is 73.3 cm³/mol. The Hall–Kier alpha value is -2.14. The van der Waals surface area contributed by atoms with E-state index in [0.29, 0.717) is 10.7 Å². The first-order valence-corrected chi connectivity index (χ1v) is 6.06. The number of benzene rings is 1. The highest BCUT2D eigenvalue weighted by Gasteiger charge is 2.16. The molecule has 0 aliphatic rings. The molecule has 0 fully saturated rings. The number of carbonyl (C=O) groups is 1. The number of halogens is 1. The molecule has 5 nitrogen and oxygen atoms in total. The molecule has 0 saturated carbocycles. The number of hydrogen-bond donors (Lipinski definition) is 1. The van der Waals surface area contributed by atoms with E-state index in [1.165, 1.54) is 18.3 Å². The molecule has 0 aliphatic carbocycles. The van der Waals surface area contributed by atoms with Crippen molar-refractivity contribution in [3.63, 3.8) is 0 Å². The molecule has 1 aromatic heterocycles. The second kappa shape index (κ2) is 5.67. The molecule has 0 bridgehead atoms. The maximum absolute atomic E-state index is 12.0. The lowest BCUT2D eigenvalue weighted by atomic mass is 10.2. The predicted octanol–water partition coefficient (Wildman–Crippen LogP) is 2.10. The van der Waals surface area contributed by atoms with Crippen LogP contribution in [0.25, 0.3) is 0 Å². The Morgan fingerprint density at radius 2 is 2.16 bits per heavy atom. The van der Waals surface area contributed by atoms with Crippen molar-refractivity contribution in [2.45, 2.75) is 13.0 Å². The fourth-order valence-corrected chi connectivity index (χ4v) is 1.77. The molecule has 1 atom stereocenters. The molecule has 6 heteroatoms. The topological polar surface area (TPSA) is 64.0 Å². The van der Waals surface area contributed by atoms with Crippen LogP contribution in [0.1, 0.15) is 13.0 Å². The van der Waals surface area contributed by atoms with Crippen molar-refractivity contribution in [2.24, 2.45) is 0 Å². The van der Waals surface area contributed by atoms with Crippen LogP contribution in [-0.2, 0) is 4.79 Å². The Bertz CT molecular complexity index is 654. The van der Waals surface area contributed by atoms with Gasteiger partial charge in [0, 0.05) is 23.0 Å². The molecule has 1 N–H and O–H groups in total.